The first-order valence-electron chi connectivity index (χ1n) is 12.8. The lowest BCUT2D eigenvalue weighted by atomic mass is 9.83. The fraction of sp³-hybridized carbons (Fsp3) is 0.387. The van der Waals surface area contributed by atoms with Crippen molar-refractivity contribution in [2.75, 3.05) is 26.8 Å². The molecule has 1 saturated heterocycles. The summed E-state index contributed by atoms with van der Waals surface area (Å²) < 4.78 is 20.4. The van der Waals surface area contributed by atoms with Gasteiger partial charge in [-0.1, -0.05) is 66.6 Å². The first-order valence-corrected chi connectivity index (χ1v) is 12.8. The number of likely N-dealkylation sites (tertiary alicyclic amines) is 1. The minimum atomic E-state index is -0.421. The third-order valence-corrected chi connectivity index (χ3v) is 7.02. The number of hydrogen-bond acceptors (Lipinski definition) is 2. The number of amides is 1. The molecule has 0 saturated carbocycles. The molecule has 4 heteroatoms. The number of carbonyl (C=O) groups excluding carboxylic acids is 1. The van der Waals surface area contributed by atoms with Gasteiger partial charge in [0.05, 0.1) is 5.92 Å². The van der Waals surface area contributed by atoms with E-state index >= 15 is 4.39 Å². The van der Waals surface area contributed by atoms with Gasteiger partial charge in [-0.05, 0) is 67.5 Å². The van der Waals surface area contributed by atoms with Crippen LogP contribution in [0.1, 0.15) is 71.0 Å². The number of unbranched alkanes of at least 4 members (excludes halogenated alkanes) is 1. The molecule has 0 N–H and O–H groups in total. The maximum Gasteiger partial charge on any atom is 0.253 e. The number of ether oxygens (including phenoxy) is 1. The van der Waals surface area contributed by atoms with Crippen LogP contribution in [0.4, 0.5) is 4.39 Å². The van der Waals surface area contributed by atoms with Gasteiger partial charge in [0, 0.05) is 38.3 Å². The summed E-state index contributed by atoms with van der Waals surface area (Å²) >= 11 is 0. The molecular weight excluding hydrogens is 437 g/mol. The molecule has 3 nitrogen and oxygen atoms in total. The molecule has 4 rings (SSSR count). The molecule has 0 aromatic heterocycles. The summed E-state index contributed by atoms with van der Waals surface area (Å²) in [5.74, 6) is -0.395. The van der Waals surface area contributed by atoms with Gasteiger partial charge in [-0.25, -0.2) is 4.39 Å². The van der Waals surface area contributed by atoms with Crippen molar-refractivity contribution < 1.29 is 13.9 Å². The molecule has 35 heavy (non-hydrogen) atoms. The zero-order valence-electron chi connectivity index (χ0n) is 20.9. The predicted octanol–water partition coefficient (Wildman–Crippen LogP) is 7.26. The highest BCUT2D eigenvalue weighted by molar-refractivity contribution is 5.94. The number of hydrogen-bond donors (Lipinski definition) is 0. The van der Waals surface area contributed by atoms with Crippen molar-refractivity contribution in [1.82, 2.24) is 4.90 Å². The van der Waals surface area contributed by atoms with E-state index in [1.807, 2.05) is 60.4 Å². The third-order valence-electron chi connectivity index (χ3n) is 7.02. The third kappa shape index (κ3) is 6.37. The maximum atomic E-state index is 15.2. The molecule has 2 aromatic carbocycles. The van der Waals surface area contributed by atoms with Gasteiger partial charge in [0.15, 0.2) is 0 Å². The van der Waals surface area contributed by atoms with Crippen LogP contribution < -0.4 is 0 Å². The van der Waals surface area contributed by atoms with E-state index in [0.717, 1.165) is 79.6 Å². The van der Waals surface area contributed by atoms with E-state index in [0.29, 0.717) is 0 Å². The van der Waals surface area contributed by atoms with Gasteiger partial charge in [0.2, 0.25) is 0 Å². The van der Waals surface area contributed by atoms with Crippen molar-refractivity contribution in [3.05, 3.63) is 106 Å². The van der Waals surface area contributed by atoms with Crippen LogP contribution in [0, 0.1) is 6.92 Å². The smallest absolute Gasteiger partial charge is 0.253 e. The highest BCUT2D eigenvalue weighted by Crippen LogP contribution is 2.38. The fourth-order valence-electron chi connectivity index (χ4n) is 5.15. The predicted molar refractivity (Wildman–Crippen MR) is 140 cm³/mol. The average molecular weight is 474 g/mol. The van der Waals surface area contributed by atoms with Crippen molar-refractivity contribution in [3.8, 4) is 0 Å². The first kappa shape index (κ1) is 25.1. The molecule has 0 radical (unpaired) electrons. The molecule has 2 unspecified atom stereocenters. The number of methoxy groups -OCH3 is 1. The van der Waals surface area contributed by atoms with Crippen LogP contribution in [0.15, 0.2) is 84.2 Å². The minimum Gasteiger partial charge on any atom is -0.385 e. The maximum absolute atomic E-state index is 15.2. The lowest BCUT2D eigenvalue weighted by molar-refractivity contribution is 0.0792. The summed E-state index contributed by atoms with van der Waals surface area (Å²) in [6.07, 6.45) is 12.5. The number of rotatable bonds is 9. The topological polar surface area (TPSA) is 29.5 Å². The van der Waals surface area contributed by atoms with Crippen LogP contribution in [-0.4, -0.2) is 37.6 Å². The highest BCUT2D eigenvalue weighted by Gasteiger charge is 2.24. The highest BCUT2D eigenvalue weighted by atomic mass is 19.1. The van der Waals surface area contributed by atoms with Crippen LogP contribution in [0.25, 0.3) is 0 Å². The summed E-state index contributed by atoms with van der Waals surface area (Å²) in [4.78, 5) is 15.0. The second-order valence-electron chi connectivity index (χ2n) is 9.64. The molecule has 1 fully saturated rings. The Labute approximate surface area is 209 Å². The normalized spacial score (nSPS) is 18.7. The summed E-state index contributed by atoms with van der Waals surface area (Å²) in [7, 11) is 1.72. The molecule has 0 spiro atoms. The Morgan fingerprint density at radius 2 is 1.91 bits per heavy atom. The summed E-state index contributed by atoms with van der Waals surface area (Å²) in [6.45, 7) is 4.42. The largest absolute Gasteiger partial charge is 0.385 e. The van der Waals surface area contributed by atoms with Gasteiger partial charge in [0.25, 0.3) is 5.91 Å². The van der Waals surface area contributed by atoms with Gasteiger partial charge in [-0.3, -0.25) is 4.79 Å². The van der Waals surface area contributed by atoms with Crippen molar-refractivity contribution >= 4 is 5.91 Å². The van der Waals surface area contributed by atoms with Gasteiger partial charge in [-0.2, -0.15) is 0 Å². The molecule has 1 aliphatic heterocycles. The zero-order valence-corrected chi connectivity index (χ0v) is 20.9. The van der Waals surface area contributed by atoms with Crippen molar-refractivity contribution in [2.45, 2.75) is 50.9 Å². The molecule has 1 aliphatic carbocycles. The Kier molecular flexibility index (Phi) is 8.70. The molecule has 2 aliphatic rings. The number of carbonyl (C=O) groups is 1. The summed E-state index contributed by atoms with van der Waals surface area (Å²) in [5, 5.41) is 0. The minimum absolute atomic E-state index is 0.0704. The quantitative estimate of drug-likeness (QED) is 0.359. The van der Waals surface area contributed by atoms with Crippen LogP contribution in [-0.2, 0) is 4.74 Å². The van der Waals surface area contributed by atoms with E-state index in [1.54, 1.807) is 13.2 Å². The summed E-state index contributed by atoms with van der Waals surface area (Å²) in [6, 6.07) is 16.1. The van der Waals surface area contributed by atoms with E-state index in [4.69, 9.17) is 4.74 Å². The van der Waals surface area contributed by atoms with E-state index in [-0.39, 0.29) is 17.7 Å². The number of nitrogens with zero attached hydrogens (tertiary/aromatic N) is 1. The van der Waals surface area contributed by atoms with E-state index in [2.05, 4.69) is 18.2 Å². The lowest BCUT2D eigenvalue weighted by Gasteiger charge is -2.22. The molecule has 1 heterocycles. The SMILES string of the molecule is COCCCCC(C1=CC(c2cccc(C)c2)C(F)=CC=C1)c1cccc(C(=O)N2CCCC2)c1. The standard InChI is InChI=1S/C31H36FNO2/c1-23-10-7-11-24(20-23)29-22-26(13-9-16-30(29)32)28(15-3-6-19-35-2)25-12-8-14-27(21-25)31(34)33-17-4-5-18-33/h7-14,16,20-22,28-29H,3-6,15,17-19H2,1-2H3. The van der Waals surface area contributed by atoms with Crippen LogP contribution >= 0.6 is 0 Å². The molecular formula is C31H36FNO2. The number of halogens is 1. The van der Waals surface area contributed by atoms with E-state index in [9.17, 15) is 4.79 Å². The van der Waals surface area contributed by atoms with Crippen LogP contribution in [0.2, 0.25) is 0 Å². The zero-order chi connectivity index (χ0) is 24.6. The molecule has 0 bridgehead atoms. The Hall–Kier alpha value is -2.98. The van der Waals surface area contributed by atoms with Gasteiger partial charge < -0.3 is 9.64 Å². The lowest BCUT2D eigenvalue weighted by Crippen LogP contribution is -2.27. The van der Waals surface area contributed by atoms with Crippen LogP contribution in [0.5, 0.6) is 0 Å². The van der Waals surface area contributed by atoms with Gasteiger partial charge >= 0.3 is 0 Å². The van der Waals surface area contributed by atoms with E-state index < -0.39 is 5.92 Å². The molecule has 184 valence electrons. The molecule has 2 atom stereocenters. The average Bonchev–Trinajstić information content (AvgIpc) is 3.34. The van der Waals surface area contributed by atoms with Crippen molar-refractivity contribution in [3.63, 3.8) is 0 Å². The van der Waals surface area contributed by atoms with Gasteiger partial charge in [0.1, 0.15) is 5.83 Å². The van der Waals surface area contributed by atoms with Crippen molar-refractivity contribution in [1.29, 1.82) is 0 Å². The Bertz CT molecular complexity index is 1110. The molecule has 1 amide bonds. The Morgan fingerprint density at radius 3 is 2.69 bits per heavy atom. The first-order chi connectivity index (χ1) is 17.1. The van der Waals surface area contributed by atoms with Crippen molar-refractivity contribution in [2.24, 2.45) is 0 Å². The second kappa shape index (κ2) is 12.1. The Balaban J connectivity index is 1.68. The second-order valence-corrected chi connectivity index (χ2v) is 9.64. The molecule has 2 aromatic rings. The monoisotopic (exact) mass is 473 g/mol. The number of allylic oxidation sites excluding steroid dienone is 6. The van der Waals surface area contributed by atoms with E-state index in [1.165, 1.54) is 0 Å². The number of aryl methyl sites for hydroxylation is 1. The van der Waals surface area contributed by atoms with Gasteiger partial charge in [-0.15, -0.1) is 0 Å². The van der Waals surface area contributed by atoms with Crippen LogP contribution in [0.3, 0.4) is 0 Å². The Morgan fingerprint density at radius 1 is 1.11 bits per heavy atom. The summed E-state index contributed by atoms with van der Waals surface area (Å²) in [5.41, 5.74) is 5.00. The fourth-order valence-corrected chi connectivity index (χ4v) is 5.15. The number of benzene rings is 2.